The molecule has 0 saturated heterocycles. The highest BCUT2D eigenvalue weighted by molar-refractivity contribution is 6.28. The predicted octanol–water partition coefficient (Wildman–Crippen LogP) is 3.12. The van der Waals surface area contributed by atoms with Crippen LogP contribution in [0.5, 0.6) is 0 Å². The molecule has 0 spiro atoms. The van der Waals surface area contributed by atoms with E-state index in [0.717, 1.165) is 22.9 Å². The number of nitrogens with zero attached hydrogens (tertiary/aromatic N) is 2. The van der Waals surface area contributed by atoms with Gasteiger partial charge in [-0.15, -0.1) is 0 Å². The smallest absolute Gasteiger partial charge is 0.408 e. The second kappa shape index (κ2) is 13.2. The highest BCUT2D eigenvalue weighted by atomic mass is 16.5. The number of benzene rings is 3. The van der Waals surface area contributed by atoms with Crippen LogP contribution in [0.4, 0.5) is 4.79 Å². The van der Waals surface area contributed by atoms with E-state index in [9.17, 15) is 14.4 Å². The first kappa shape index (κ1) is 25.1. The Morgan fingerprint density at radius 2 is 1.23 bits per heavy atom. The van der Waals surface area contributed by atoms with Crippen molar-refractivity contribution in [1.29, 1.82) is 0 Å². The van der Waals surface area contributed by atoms with Gasteiger partial charge in [-0.2, -0.15) is 4.79 Å². The summed E-state index contributed by atoms with van der Waals surface area (Å²) in [7, 11) is 0. The molecule has 8 heteroatoms. The molecule has 0 fully saturated rings. The molecule has 0 radical (unpaired) electrons. The van der Waals surface area contributed by atoms with E-state index < -0.39 is 29.9 Å². The maximum absolute atomic E-state index is 13.2. The summed E-state index contributed by atoms with van der Waals surface area (Å²) in [6.45, 7) is 0.0500. The summed E-state index contributed by atoms with van der Waals surface area (Å²) in [5, 5.41) is 5.30. The van der Waals surface area contributed by atoms with Crippen LogP contribution in [0.15, 0.2) is 91.0 Å². The van der Waals surface area contributed by atoms with Crippen LogP contribution in [-0.2, 0) is 33.8 Å². The van der Waals surface area contributed by atoms with Crippen molar-refractivity contribution in [3.05, 3.63) is 113 Å². The van der Waals surface area contributed by atoms with Crippen LogP contribution < -0.4 is 10.6 Å². The first-order valence-corrected chi connectivity index (χ1v) is 11.1. The normalized spacial score (nSPS) is 11.9. The Bertz CT molecular complexity index is 1160. The average molecular weight is 471 g/mol. The molecule has 0 saturated carbocycles. The molecule has 178 valence electrons. The Hall–Kier alpha value is -4.55. The van der Waals surface area contributed by atoms with Crippen molar-refractivity contribution in [3.63, 3.8) is 0 Å². The standard InChI is InChI=1S/C27H26N4O4/c28-29-18-25(32)23(16-20-10-4-1-5-11-20)30-26(33)24(17-21-12-6-2-7-13-21)31-27(34)35-19-22-14-8-3-9-15-22/h1-15,18,23-24H,16-17,19H2,(H,30,33)(H,31,34). The Kier molecular flexibility index (Phi) is 9.48. The topological polar surface area (TPSA) is 121 Å². The lowest BCUT2D eigenvalue weighted by molar-refractivity contribution is -0.127. The van der Waals surface area contributed by atoms with E-state index in [1.807, 2.05) is 91.0 Å². The SMILES string of the molecule is [N-]=[N+]=CC(=O)C(Cc1ccccc1)NC(=O)C(Cc1ccccc1)NC(=O)OCc1ccccc1. The highest BCUT2D eigenvalue weighted by Gasteiger charge is 2.28. The highest BCUT2D eigenvalue weighted by Crippen LogP contribution is 2.08. The number of carbonyl (C=O) groups excluding carboxylic acids is 3. The fourth-order valence-electron chi connectivity index (χ4n) is 3.46. The van der Waals surface area contributed by atoms with E-state index in [1.165, 1.54) is 0 Å². The minimum absolute atomic E-state index is 0.0500. The maximum atomic E-state index is 13.2. The lowest BCUT2D eigenvalue weighted by Crippen LogP contribution is -2.53. The van der Waals surface area contributed by atoms with Gasteiger partial charge in [-0.1, -0.05) is 91.0 Å². The van der Waals surface area contributed by atoms with Gasteiger partial charge in [0, 0.05) is 12.8 Å². The van der Waals surface area contributed by atoms with Crippen molar-refractivity contribution >= 4 is 24.0 Å². The van der Waals surface area contributed by atoms with E-state index in [-0.39, 0.29) is 19.4 Å². The van der Waals surface area contributed by atoms with Crippen molar-refractivity contribution in [2.75, 3.05) is 0 Å². The largest absolute Gasteiger partial charge is 0.445 e. The summed E-state index contributed by atoms with van der Waals surface area (Å²) in [6.07, 6.45) is 0.371. The average Bonchev–Trinajstić information content (AvgIpc) is 2.88. The third kappa shape index (κ3) is 8.38. The molecule has 0 aliphatic carbocycles. The molecule has 0 aliphatic heterocycles. The zero-order valence-electron chi connectivity index (χ0n) is 19.0. The number of hydrogen-bond acceptors (Lipinski definition) is 4. The van der Waals surface area contributed by atoms with Gasteiger partial charge < -0.3 is 20.9 Å². The van der Waals surface area contributed by atoms with Crippen molar-refractivity contribution in [2.45, 2.75) is 31.5 Å². The third-order valence-corrected chi connectivity index (χ3v) is 5.23. The fraction of sp³-hybridized carbons (Fsp3) is 0.185. The molecule has 2 atom stereocenters. The third-order valence-electron chi connectivity index (χ3n) is 5.23. The Balaban J connectivity index is 1.73. The van der Waals surface area contributed by atoms with E-state index in [4.69, 9.17) is 10.3 Å². The van der Waals surface area contributed by atoms with Gasteiger partial charge in [0.25, 0.3) is 5.78 Å². The molecule has 0 bridgehead atoms. The van der Waals surface area contributed by atoms with Gasteiger partial charge in [-0.3, -0.25) is 9.59 Å². The summed E-state index contributed by atoms with van der Waals surface area (Å²) in [4.78, 5) is 41.0. The van der Waals surface area contributed by atoms with Crippen molar-refractivity contribution in [1.82, 2.24) is 10.6 Å². The van der Waals surface area contributed by atoms with Crippen molar-refractivity contribution in [2.24, 2.45) is 0 Å². The zero-order valence-corrected chi connectivity index (χ0v) is 19.0. The summed E-state index contributed by atoms with van der Waals surface area (Å²) in [6, 6.07) is 25.5. The monoisotopic (exact) mass is 470 g/mol. The van der Waals surface area contributed by atoms with Crippen LogP contribution in [0.25, 0.3) is 5.53 Å². The number of ketones is 1. The van der Waals surface area contributed by atoms with Gasteiger partial charge in [-0.05, 0) is 16.7 Å². The van der Waals surface area contributed by atoms with Crippen LogP contribution in [0.2, 0.25) is 0 Å². The van der Waals surface area contributed by atoms with E-state index in [1.54, 1.807) is 0 Å². The van der Waals surface area contributed by atoms with Crippen LogP contribution in [0.1, 0.15) is 16.7 Å². The lowest BCUT2D eigenvalue weighted by atomic mass is 10.0. The van der Waals surface area contributed by atoms with Crippen molar-refractivity contribution < 1.29 is 23.9 Å². The van der Waals surface area contributed by atoms with Crippen LogP contribution in [0.3, 0.4) is 0 Å². The molecule has 0 heterocycles. The van der Waals surface area contributed by atoms with E-state index in [2.05, 4.69) is 15.4 Å². The van der Waals surface area contributed by atoms with Crippen LogP contribution >= 0.6 is 0 Å². The van der Waals surface area contributed by atoms with Gasteiger partial charge in [0.1, 0.15) is 18.7 Å². The molecule has 3 rings (SSSR count). The quantitative estimate of drug-likeness (QED) is 0.254. The number of nitrogens with one attached hydrogen (secondary N) is 2. The van der Waals surface area contributed by atoms with Crippen LogP contribution in [0, 0.1) is 0 Å². The summed E-state index contributed by atoms with van der Waals surface area (Å²) in [5.41, 5.74) is 11.3. The first-order chi connectivity index (χ1) is 17.0. The van der Waals surface area contributed by atoms with Gasteiger partial charge >= 0.3 is 12.3 Å². The predicted molar refractivity (Wildman–Crippen MR) is 130 cm³/mol. The summed E-state index contributed by atoms with van der Waals surface area (Å²) < 4.78 is 5.28. The van der Waals surface area contributed by atoms with E-state index in [0.29, 0.717) is 0 Å². The summed E-state index contributed by atoms with van der Waals surface area (Å²) in [5.74, 6) is -1.14. The molecule has 2 unspecified atom stereocenters. The van der Waals surface area contributed by atoms with Gasteiger partial charge in [-0.25, -0.2) is 4.79 Å². The zero-order chi connectivity index (χ0) is 24.9. The number of carbonyl (C=O) groups is 3. The fourth-order valence-corrected chi connectivity index (χ4v) is 3.46. The lowest BCUT2D eigenvalue weighted by Gasteiger charge is -2.22. The maximum Gasteiger partial charge on any atom is 0.408 e. The molecular formula is C27H26N4O4. The molecule has 3 aromatic rings. The Morgan fingerprint density at radius 3 is 1.74 bits per heavy atom. The minimum Gasteiger partial charge on any atom is -0.445 e. The second-order valence-corrected chi connectivity index (χ2v) is 7.85. The van der Waals surface area contributed by atoms with Crippen molar-refractivity contribution in [3.8, 4) is 0 Å². The number of amides is 2. The van der Waals surface area contributed by atoms with Crippen LogP contribution in [-0.4, -0.2) is 40.9 Å². The number of hydrogen-bond donors (Lipinski definition) is 2. The number of rotatable bonds is 11. The first-order valence-electron chi connectivity index (χ1n) is 11.1. The molecule has 8 nitrogen and oxygen atoms in total. The van der Waals surface area contributed by atoms with Gasteiger partial charge in [0.2, 0.25) is 5.91 Å². The molecule has 0 aliphatic rings. The van der Waals surface area contributed by atoms with E-state index >= 15 is 0 Å². The molecule has 2 N–H and O–H groups in total. The molecular weight excluding hydrogens is 444 g/mol. The number of ether oxygens (including phenoxy) is 1. The molecule has 35 heavy (non-hydrogen) atoms. The van der Waals surface area contributed by atoms with Gasteiger partial charge in [0.15, 0.2) is 0 Å². The minimum atomic E-state index is -1.00. The van der Waals surface area contributed by atoms with Gasteiger partial charge in [0.05, 0.1) is 0 Å². The summed E-state index contributed by atoms with van der Waals surface area (Å²) >= 11 is 0. The molecule has 0 aromatic heterocycles. The Morgan fingerprint density at radius 1 is 0.743 bits per heavy atom. The molecule has 3 aromatic carbocycles. The Labute approximate surface area is 203 Å². The number of alkyl carbamates (subject to hydrolysis) is 1. The number of Topliss-reactive ketones (excluding diaryl/α,β-unsaturated/α-hetero) is 1. The molecule has 2 amide bonds. The second-order valence-electron chi connectivity index (χ2n) is 7.85.